The third-order valence-electron chi connectivity index (χ3n) is 6.87. The topological polar surface area (TPSA) is 216 Å². The minimum Gasteiger partial charge on any atom is -0.486 e. The zero-order valence-corrected chi connectivity index (χ0v) is 20.7. The van der Waals surface area contributed by atoms with Crippen molar-refractivity contribution in [1.29, 1.82) is 0 Å². The number of carbonyl (C=O) groups is 2. The second kappa shape index (κ2) is 10.9. The Bertz CT molecular complexity index is 1310. The van der Waals surface area contributed by atoms with Gasteiger partial charge in [0.15, 0.2) is 29.0 Å². The van der Waals surface area contributed by atoms with Crippen molar-refractivity contribution in [1.82, 2.24) is 0 Å². The maximum Gasteiger partial charge on any atom is 0.229 e. The van der Waals surface area contributed by atoms with E-state index in [-0.39, 0.29) is 71.5 Å². The summed E-state index contributed by atoms with van der Waals surface area (Å²) in [4.78, 5) is 31.6. The maximum atomic E-state index is 13.7. The Morgan fingerprint density at radius 2 is 1.74 bits per heavy atom. The lowest BCUT2D eigenvalue weighted by Gasteiger charge is -2.40. The Balaban J connectivity index is 1.76. The molecule has 0 radical (unpaired) electrons. The predicted octanol–water partition coefficient (Wildman–Crippen LogP) is -1.25. The fourth-order valence-corrected chi connectivity index (χ4v) is 5.01. The van der Waals surface area contributed by atoms with Gasteiger partial charge < -0.3 is 50.8 Å². The predicted molar refractivity (Wildman–Crippen MR) is 134 cm³/mol. The van der Waals surface area contributed by atoms with Gasteiger partial charge in [0.25, 0.3) is 0 Å². The molecule has 6 atom stereocenters. The van der Waals surface area contributed by atoms with Crippen LogP contribution in [0.5, 0.6) is 11.5 Å². The molecule has 2 aliphatic heterocycles. The third-order valence-corrected chi connectivity index (χ3v) is 6.87. The number of hydrogen-bond acceptors (Lipinski definition) is 11. The van der Waals surface area contributed by atoms with E-state index in [1.807, 2.05) is 0 Å². The molecule has 8 N–H and O–H groups in total. The van der Waals surface area contributed by atoms with Crippen LogP contribution in [0.1, 0.15) is 49.9 Å². The largest absolute Gasteiger partial charge is 0.486 e. The van der Waals surface area contributed by atoms with Gasteiger partial charge in [-0.1, -0.05) is 24.3 Å². The molecule has 2 heterocycles. The number of nitrogens with two attached hydrogens (primary N) is 2. The van der Waals surface area contributed by atoms with Crippen molar-refractivity contribution in [2.45, 2.75) is 43.2 Å². The second-order valence-electron chi connectivity index (χ2n) is 9.39. The van der Waals surface area contributed by atoms with Crippen LogP contribution in [-0.4, -0.2) is 95.1 Å². The highest BCUT2D eigenvalue weighted by Gasteiger charge is 2.47. The van der Waals surface area contributed by atoms with Gasteiger partial charge in [-0.15, -0.1) is 0 Å². The Morgan fingerprint density at radius 3 is 2.44 bits per heavy atom. The molecule has 0 spiro atoms. The van der Waals surface area contributed by atoms with Crippen LogP contribution in [0.4, 0.5) is 0 Å². The molecule has 13 heteroatoms. The standard InChI is InChI=1S/C26H29N3O10/c27-26(28)29-15-5-7-36-10-16-20(33)21(34)22(35)25(38-16)39-23-13(15)9-14-17(24(23)37-8-6-30)19(32)12-4-2-1-3-11(12)18(14)31/h1-4,9,15-16,20-22,25,30,33-35H,5-8,10H2,(H4,27,28,29). The van der Waals surface area contributed by atoms with Crippen LogP contribution in [0.3, 0.4) is 0 Å². The van der Waals surface area contributed by atoms with Crippen molar-refractivity contribution < 1.29 is 49.0 Å². The smallest absolute Gasteiger partial charge is 0.229 e. The lowest BCUT2D eigenvalue weighted by atomic mass is 9.81. The molecule has 2 aromatic rings. The van der Waals surface area contributed by atoms with Gasteiger partial charge in [-0.25, -0.2) is 4.99 Å². The number of fused-ring (bicyclic) bond motifs is 5. The Hall–Kier alpha value is -3.59. The first kappa shape index (κ1) is 27.0. The molecule has 3 aliphatic rings. The van der Waals surface area contributed by atoms with Crippen molar-refractivity contribution in [3.05, 3.63) is 58.1 Å². The molecule has 2 aromatic carbocycles. The summed E-state index contributed by atoms with van der Waals surface area (Å²) in [5, 5.41) is 41.1. The van der Waals surface area contributed by atoms with Crippen LogP contribution in [-0.2, 0) is 9.47 Å². The van der Waals surface area contributed by atoms with E-state index >= 15 is 0 Å². The summed E-state index contributed by atoms with van der Waals surface area (Å²) >= 11 is 0. The van der Waals surface area contributed by atoms with Gasteiger partial charge in [-0.3, -0.25) is 9.59 Å². The van der Waals surface area contributed by atoms with Crippen molar-refractivity contribution in [3.63, 3.8) is 0 Å². The zero-order chi connectivity index (χ0) is 27.8. The van der Waals surface area contributed by atoms with Crippen LogP contribution < -0.4 is 20.9 Å². The van der Waals surface area contributed by atoms with E-state index in [9.17, 15) is 30.0 Å². The molecule has 1 fully saturated rings. The van der Waals surface area contributed by atoms with E-state index in [0.29, 0.717) is 0 Å². The van der Waals surface area contributed by atoms with E-state index in [1.165, 1.54) is 12.1 Å². The fourth-order valence-electron chi connectivity index (χ4n) is 5.01. The molecule has 39 heavy (non-hydrogen) atoms. The van der Waals surface area contributed by atoms with Crippen LogP contribution in [0, 0.1) is 0 Å². The van der Waals surface area contributed by atoms with Gasteiger partial charge in [-0.2, -0.15) is 0 Å². The molecule has 0 saturated carbocycles. The van der Waals surface area contributed by atoms with Crippen molar-refractivity contribution >= 4 is 17.5 Å². The van der Waals surface area contributed by atoms with Crippen molar-refractivity contribution in [2.75, 3.05) is 26.4 Å². The first-order valence-corrected chi connectivity index (χ1v) is 12.4. The van der Waals surface area contributed by atoms with Gasteiger partial charge in [-0.05, 0) is 12.5 Å². The Labute approximate surface area is 222 Å². The average Bonchev–Trinajstić information content (AvgIpc) is 2.95. The highest BCUT2D eigenvalue weighted by molar-refractivity contribution is 6.29. The number of carbonyl (C=O) groups excluding carboxylic acids is 2. The number of aliphatic hydroxyl groups excluding tert-OH is 4. The molecule has 2 bridgehead atoms. The number of nitrogens with zero attached hydrogens (tertiary/aromatic N) is 1. The molecule has 0 aromatic heterocycles. The summed E-state index contributed by atoms with van der Waals surface area (Å²) in [6, 6.07) is 6.89. The van der Waals surface area contributed by atoms with Crippen LogP contribution in [0.25, 0.3) is 0 Å². The molecule has 13 nitrogen and oxygen atoms in total. The first-order chi connectivity index (χ1) is 18.7. The lowest BCUT2D eigenvalue weighted by molar-refractivity contribution is -0.279. The highest BCUT2D eigenvalue weighted by atomic mass is 16.7. The molecule has 208 valence electrons. The summed E-state index contributed by atoms with van der Waals surface area (Å²) in [6.45, 7) is -0.788. The molecule has 0 amide bonds. The molecular weight excluding hydrogens is 514 g/mol. The zero-order valence-electron chi connectivity index (χ0n) is 20.7. The van der Waals surface area contributed by atoms with Gasteiger partial charge in [0, 0.05) is 28.9 Å². The second-order valence-corrected chi connectivity index (χ2v) is 9.39. The van der Waals surface area contributed by atoms with E-state index in [0.717, 1.165) is 0 Å². The van der Waals surface area contributed by atoms with Gasteiger partial charge in [0.1, 0.15) is 31.0 Å². The lowest BCUT2D eigenvalue weighted by Crippen LogP contribution is -2.60. The van der Waals surface area contributed by atoms with E-state index in [2.05, 4.69) is 4.99 Å². The summed E-state index contributed by atoms with van der Waals surface area (Å²) in [5.74, 6) is -1.56. The summed E-state index contributed by atoms with van der Waals surface area (Å²) in [5.41, 5.74) is 11.9. The number of hydrogen-bond donors (Lipinski definition) is 6. The summed E-state index contributed by atoms with van der Waals surface area (Å²) in [6.07, 6.45) is -7.28. The third kappa shape index (κ3) is 4.84. The van der Waals surface area contributed by atoms with Crippen molar-refractivity contribution in [2.24, 2.45) is 16.5 Å². The number of guanidine groups is 1. The number of rotatable bonds is 4. The van der Waals surface area contributed by atoms with Crippen LogP contribution in [0.15, 0.2) is 35.3 Å². The molecule has 6 unspecified atom stereocenters. The fraction of sp³-hybridized carbons (Fsp3) is 0.423. The summed E-state index contributed by atoms with van der Waals surface area (Å²) in [7, 11) is 0. The van der Waals surface area contributed by atoms with E-state index in [1.54, 1.807) is 18.2 Å². The van der Waals surface area contributed by atoms with E-state index in [4.69, 9.17) is 30.4 Å². The quantitative estimate of drug-likeness (QED) is 0.168. The Morgan fingerprint density at radius 1 is 1.03 bits per heavy atom. The molecule has 1 saturated heterocycles. The normalized spacial score (nSPS) is 28.2. The van der Waals surface area contributed by atoms with Gasteiger partial charge in [0.05, 0.1) is 24.8 Å². The number of ether oxygens (including phenoxy) is 4. The SMILES string of the molecule is NC(N)=NC1CCOCC2OC(Oc3c1cc1c(c3OCCO)C(=O)c3ccccc3C1=O)C(O)C(O)C2O. The molecule has 5 rings (SSSR count). The molecule has 1 aliphatic carbocycles. The number of ketones is 2. The average molecular weight is 544 g/mol. The number of benzene rings is 2. The summed E-state index contributed by atoms with van der Waals surface area (Å²) < 4.78 is 23.3. The minimum absolute atomic E-state index is 0.0130. The highest BCUT2D eigenvalue weighted by Crippen LogP contribution is 2.47. The van der Waals surface area contributed by atoms with Gasteiger partial charge in [0.2, 0.25) is 6.29 Å². The van der Waals surface area contributed by atoms with Crippen LogP contribution in [0.2, 0.25) is 0 Å². The monoisotopic (exact) mass is 543 g/mol. The number of aliphatic imine (C=N–C) groups is 1. The maximum absolute atomic E-state index is 13.7. The minimum atomic E-state index is -1.72. The van der Waals surface area contributed by atoms with Crippen molar-refractivity contribution in [3.8, 4) is 11.5 Å². The van der Waals surface area contributed by atoms with E-state index < -0.39 is 54.9 Å². The first-order valence-electron chi connectivity index (χ1n) is 12.4. The van der Waals surface area contributed by atoms with Gasteiger partial charge >= 0.3 is 0 Å². The number of aliphatic hydroxyl groups is 4. The molecular formula is C26H29N3O10. The van der Waals surface area contributed by atoms with Crippen LogP contribution >= 0.6 is 0 Å². The Kier molecular flexibility index (Phi) is 7.53.